The topological polar surface area (TPSA) is 49.3 Å². The van der Waals surface area contributed by atoms with Crippen molar-refractivity contribution >= 4 is 5.97 Å². The Hall–Kier alpha value is -1.35. The average Bonchev–Trinajstić information content (AvgIpc) is 2.27. The van der Waals surface area contributed by atoms with Crippen molar-refractivity contribution in [1.82, 2.24) is 5.32 Å². The maximum absolute atomic E-state index is 11.2. The number of hydrogen-bond donors (Lipinski definition) is 2. The van der Waals surface area contributed by atoms with Crippen molar-refractivity contribution in [2.45, 2.75) is 46.2 Å². The molecular weight excluding hydrogens is 226 g/mol. The first-order valence-electron chi connectivity index (χ1n) is 6.45. The number of rotatable bonds is 6. The number of hydrogen-bond acceptors (Lipinski definition) is 2. The van der Waals surface area contributed by atoms with Gasteiger partial charge in [-0.15, -0.1) is 0 Å². The highest BCUT2D eigenvalue weighted by atomic mass is 16.4. The van der Waals surface area contributed by atoms with Crippen LogP contribution in [0.4, 0.5) is 0 Å². The van der Waals surface area contributed by atoms with Crippen LogP contribution >= 0.6 is 0 Å². The summed E-state index contributed by atoms with van der Waals surface area (Å²) in [5, 5.41) is 12.4. The summed E-state index contributed by atoms with van der Waals surface area (Å²) < 4.78 is 0. The molecule has 1 rings (SSSR count). The van der Waals surface area contributed by atoms with Gasteiger partial charge < -0.3 is 5.11 Å². The van der Waals surface area contributed by atoms with Crippen LogP contribution in [0.2, 0.25) is 0 Å². The van der Waals surface area contributed by atoms with E-state index in [1.807, 2.05) is 45.9 Å². The fraction of sp³-hybridized carbons (Fsp3) is 0.533. The van der Waals surface area contributed by atoms with E-state index in [1.165, 1.54) is 5.56 Å². The first kappa shape index (κ1) is 14.7. The van der Waals surface area contributed by atoms with Gasteiger partial charge in [0.1, 0.15) is 6.04 Å². The molecule has 0 amide bonds. The quantitative estimate of drug-likeness (QED) is 0.814. The molecule has 0 aliphatic heterocycles. The van der Waals surface area contributed by atoms with Crippen molar-refractivity contribution in [2.24, 2.45) is 5.92 Å². The molecule has 3 heteroatoms. The minimum absolute atomic E-state index is 0.0461. The molecule has 2 atom stereocenters. The van der Waals surface area contributed by atoms with Gasteiger partial charge >= 0.3 is 5.97 Å². The predicted molar refractivity (Wildman–Crippen MR) is 73.6 cm³/mol. The summed E-state index contributed by atoms with van der Waals surface area (Å²) in [6.07, 6.45) is 0.644. The lowest BCUT2D eigenvalue weighted by Gasteiger charge is -2.22. The van der Waals surface area contributed by atoms with E-state index in [2.05, 4.69) is 11.4 Å². The zero-order chi connectivity index (χ0) is 13.7. The van der Waals surface area contributed by atoms with Crippen molar-refractivity contribution < 1.29 is 9.90 Å². The molecule has 0 radical (unpaired) electrons. The fourth-order valence-corrected chi connectivity index (χ4v) is 2.05. The van der Waals surface area contributed by atoms with Crippen molar-refractivity contribution in [3.8, 4) is 0 Å². The van der Waals surface area contributed by atoms with Crippen LogP contribution in [0.3, 0.4) is 0 Å². The molecule has 100 valence electrons. The first-order valence-corrected chi connectivity index (χ1v) is 6.45. The Bertz CT molecular complexity index is 401. The van der Waals surface area contributed by atoms with Crippen LogP contribution in [0.15, 0.2) is 24.3 Å². The molecule has 0 aliphatic rings. The fourth-order valence-electron chi connectivity index (χ4n) is 2.05. The number of nitrogens with one attached hydrogen (secondary N) is 1. The molecule has 18 heavy (non-hydrogen) atoms. The lowest BCUT2D eigenvalue weighted by Crippen LogP contribution is -2.39. The van der Waals surface area contributed by atoms with E-state index < -0.39 is 12.0 Å². The molecule has 3 nitrogen and oxygen atoms in total. The second-order valence-corrected chi connectivity index (χ2v) is 5.32. The molecule has 0 heterocycles. The minimum atomic E-state index is -0.775. The lowest BCUT2D eigenvalue weighted by molar-refractivity contribution is -0.140. The molecule has 0 spiro atoms. The Morgan fingerprint density at radius 1 is 1.33 bits per heavy atom. The highest BCUT2D eigenvalue weighted by Gasteiger charge is 2.21. The van der Waals surface area contributed by atoms with Gasteiger partial charge in [-0.05, 0) is 31.7 Å². The van der Waals surface area contributed by atoms with Crippen molar-refractivity contribution in [3.05, 3.63) is 35.4 Å². The normalized spacial score (nSPS) is 14.5. The smallest absolute Gasteiger partial charge is 0.320 e. The number of carbonyl (C=O) groups is 1. The summed E-state index contributed by atoms with van der Waals surface area (Å²) in [5.74, 6) is -0.411. The minimum Gasteiger partial charge on any atom is -0.480 e. The molecule has 0 aliphatic carbocycles. The van der Waals surface area contributed by atoms with E-state index in [9.17, 15) is 9.90 Å². The summed E-state index contributed by atoms with van der Waals surface area (Å²) in [6, 6.07) is 7.72. The molecule has 1 aromatic carbocycles. The molecule has 0 saturated carbocycles. The molecular formula is C15H23NO2. The third-order valence-electron chi connectivity index (χ3n) is 3.00. The third kappa shape index (κ3) is 4.49. The Kier molecular flexibility index (Phi) is 5.35. The van der Waals surface area contributed by atoms with Gasteiger partial charge in [0.25, 0.3) is 0 Å². The third-order valence-corrected chi connectivity index (χ3v) is 3.00. The van der Waals surface area contributed by atoms with Crippen LogP contribution in [0.1, 0.15) is 44.4 Å². The summed E-state index contributed by atoms with van der Waals surface area (Å²) in [7, 11) is 0. The van der Waals surface area contributed by atoms with E-state index in [1.54, 1.807) is 0 Å². The molecule has 1 aromatic rings. The highest BCUT2D eigenvalue weighted by Crippen LogP contribution is 2.16. The van der Waals surface area contributed by atoms with Crippen molar-refractivity contribution in [1.29, 1.82) is 0 Å². The van der Waals surface area contributed by atoms with E-state index >= 15 is 0 Å². The summed E-state index contributed by atoms with van der Waals surface area (Å²) >= 11 is 0. The standard InChI is InChI=1S/C15H23NO2/c1-10(2)8-14(15(17)18)16-12(4)13-7-5-6-11(3)9-13/h5-7,9-10,12,14,16H,8H2,1-4H3,(H,17,18). The highest BCUT2D eigenvalue weighted by molar-refractivity contribution is 5.73. The van der Waals surface area contributed by atoms with Crippen LogP contribution in [0, 0.1) is 12.8 Å². The van der Waals surface area contributed by atoms with E-state index in [0.717, 1.165) is 5.56 Å². The Morgan fingerprint density at radius 3 is 2.50 bits per heavy atom. The number of carboxylic acids is 1. The molecule has 0 saturated heterocycles. The van der Waals surface area contributed by atoms with Gasteiger partial charge in [0.05, 0.1) is 0 Å². The Labute approximate surface area is 109 Å². The lowest BCUT2D eigenvalue weighted by atomic mass is 10.0. The second kappa shape index (κ2) is 6.55. The van der Waals surface area contributed by atoms with E-state index in [0.29, 0.717) is 12.3 Å². The Morgan fingerprint density at radius 2 is 2.00 bits per heavy atom. The van der Waals surface area contributed by atoms with Gasteiger partial charge in [0.15, 0.2) is 0 Å². The van der Waals surface area contributed by atoms with Gasteiger partial charge in [-0.25, -0.2) is 0 Å². The van der Waals surface area contributed by atoms with Crippen molar-refractivity contribution in [2.75, 3.05) is 0 Å². The molecule has 0 aromatic heterocycles. The zero-order valence-corrected chi connectivity index (χ0v) is 11.6. The van der Waals surface area contributed by atoms with Gasteiger partial charge in [-0.3, -0.25) is 10.1 Å². The Balaban J connectivity index is 2.72. The van der Waals surface area contributed by atoms with E-state index in [-0.39, 0.29) is 6.04 Å². The monoisotopic (exact) mass is 249 g/mol. The molecule has 2 N–H and O–H groups in total. The molecule has 2 unspecified atom stereocenters. The van der Waals surface area contributed by atoms with Crippen LogP contribution in [0.5, 0.6) is 0 Å². The van der Waals surface area contributed by atoms with Crippen LogP contribution in [-0.2, 0) is 4.79 Å². The molecule has 0 fully saturated rings. The predicted octanol–water partition coefficient (Wildman–Crippen LogP) is 3.14. The zero-order valence-electron chi connectivity index (χ0n) is 11.6. The number of aliphatic carboxylic acids is 1. The largest absolute Gasteiger partial charge is 0.480 e. The van der Waals surface area contributed by atoms with Gasteiger partial charge in [-0.1, -0.05) is 43.7 Å². The number of benzene rings is 1. The maximum Gasteiger partial charge on any atom is 0.320 e. The number of carboxylic acid groups (broad SMARTS) is 1. The summed E-state index contributed by atoms with van der Waals surface area (Å²) in [5.41, 5.74) is 2.32. The van der Waals surface area contributed by atoms with Gasteiger partial charge in [0.2, 0.25) is 0 Å². The van der Waals surface area contributed by atoms with Gasteiger partial charge in [0, 0.05) is 6.04 Å². The molecule has 0 bridgehead atoms. The summed E-state index contributed by atoms with van der Waals surface area (Å²) in [4.78, 5) is 11.2. The van der Waals surface area contributed by atoms with Crippen LogP contribution < -0.4 is 5.32 Å². The number of aryl methyl sites for hydroxylation is 1. The van der Waals surface area contributed by atoms with Crippen LogP contribution in [0.25, 0.3) is 0 Å². The van der Waals surface area contributed by atoms with Crippen molar-refractivity contribution in [3.63, 3.8) is 0 Å². The average molecular weight is 249 g/mol. The summed E-state index contributed by atoms with van der Waals surface area (Å²) in [6.45, 7) is 8.12. The first-order chi connectivity index (χ1) is 8.40. The van der Waals surface area contributed by atoms with E-state index in [4.69, 9.17) is 0 Å². The second-order valence-electron chi connectivity index (χ2n) is 5.32. The maximum atomic E-state index is 11.2. The SMILES string of the molecule is Cc1cccc(C(C)NC(CC(C)C)C(=O)O)c1. The van der Waals surface area contributed by atoms with Gasteiger partial charge in [-0.2, -0.15) is 0 Å². The van der Waals surface area contributed by atoms with Crippen LogP contribution in [-0.4, -0.2) is 17.1 Å².